The van der Waals surface area contributed by atoms with Gasteiger partial charge in [-0.15, -0.1) is 0 Å². The molecule has 0 bridgehead atoms. The van der Waals surface area contributed by atoms with E-state index in [4.69, 9.17) is 16.3 Å². The van der Waals surface area contributed by atoms with Gasteiger partial charge in [-0.2, -0.15) is 0 Å². The smallest absolute Gasteiger partial charge is 0.295 e. The van der Waals surface area contributed by atoms with E-state index in [2.05, 4.69) is 13.8 Å². The third kappa shape index (κ3) is 4.97. The van der Waals surface area contributed by atoms with Gasteiger partial charge in [0.1, 0.15) is 5.75 Å². The van der Waals surface area contributed by atoms with Crippen LogP contribution in [0.25, 0.3) is 5.76 Å². The molecule has 6 nitrogen and oxygen atoms in total. The molecule has 7 heteroatoms. The van der Waals surface area contributed by atoms with E-state index in [1.807, 2.05) is 6.92 Å². The van der Waals surface area contributed by atoms with Crippen LogP contribution in [-0.2, 0) is 9.59 Å². The average molecular weight is 457 g/mol. The number of ether oxygens (including phenoxy) is 1. The molecule has 32 heavy (non-hydrogen) atoms. The van der Waals surface area contributed by atoms with Crippen LogP contribution in [0.2, 0.25) is 5.02 Å². The molecule has 3 rings (SSSR count). The van der Waals surface area contributed by atoms with E-state index in [1.165, 1.54) is 9.80 Å². The molecule has 1 unspecified atom stereocenters. The molecule has 0 radical (unpaired) electrons. The van der Waals surface area contributed by atoms with E-state index in [0.717, 1.165) is 13.1 Å². The minimum absolute atomic E-state index is 0.0176. The summed E-state index contributed by atoms with van der Waals surface area (Å²) in [5.74, 6) is -1.17. The molecule has 0 saturated carbocycles. The van der Waals surface area contributed by atoms with Crippen molar-refractivity contribution in [2.45, 2.75) is 26.8 Å². The highest BCUT2D eigenvalue weighted by molar-refractivity contribution is 6.46. The maximum Gasteiger partial charge on any atom is 0.295 e. The summed E-state index contributed by atoms with van der Waals surface area (Å²) < 4.78 is 5.44. The Hall–Kier alpha value is -2.83. The van der Waals surface area contributed by atoms with Crippen molar-refractivity contribution in [3.05, 3.63) is 70.3 Å². The Kier molecular flexibility index (Phi) is 7.94. The third-order valence-electron chi connectivity index (χ3n) is 5.85. The lowest BCUT2D eigenvalue weighted by Gasteiger charge is -2.28. The van der Waals surface area contributed by atoms with Crippen molar-refractivity contribution in [3.63, 3.8) is 0 Å². The molecule has 1 N–H and O–H groups in total. The Morgan fingerprint density at radius 1 is 1.03 bits per heavy atom. The fraction of sp³-hybridized carbons (Fsp3) is 0.360. The summed E-state index contributed by atoms with van der Waals surface area (Å²) >= 11 is 6.05. The van der Waals surface area contributed by atoms with Crippen LogP contribution < -0.4 is 14.7 Å². The van der Waals surface area contributed by atoms with E-state index in [0.29, 0.717) is 41.6 Å². The van der Waals surface area contributed by atoms with Gasteiger partial charge in [-0.3, -0.25) is 9.59 Å². The van der Waals surface area contributed by atoms with Gasteiger partial charge in [0, 0.05) is 10.6 Å². The van der Waals surface area contributed by atoms with Crippen molar-refractivity contribution in [1.29, 1.82) is 0 Å². The number of Topliss-reactive ketones (excluding diaryl/α,β-unsaturated/α-hetero) is 1. The van der Waals surface area contributed by atoms with Crippen LogP contribution in [0.4, 0.5) is 0 Å². The number of amides is 1. The monoisotopic (exact) mass is 456 g/mol. The molecule has 1 aliphatic heterocycles. The molecular weight excluding hydrogens is 428 g/mol. The molecule has 1 heterocycles. The Morgan fingerprint density at radius 3 is 2.22 bits per heavy atom. The fourth-order valence-corrected chi connectivity index (χ4v) is 4.13. The van der Waals surface area contributed by atoms with Crippen LogP contribution in [0.3, 0.4) is 0 Å². The number of rotatable bonds is 9. The first-order valence-electron chi connectivity index (χ1n) is 11.0. The normalized spacial score (nSPS) is 17.9. The predicted molar refractivity (Wildman–Crippen MR) is 122 cm³/mol. The maximum absolute atomic E-state index is 13.4. The quantitative estimate of drug-likeness (QED) is 0.355. The van der Waals surface area contributed by atoms with Crippen molar-refractivity contribution < 1.29 is 24.3 Å². The van der Waals surface area contributed by atoms with Gasteiger partial charge in [0.05, 0.1) is 38.8 Å². The summed E-state index contributed by atoms with van der Waals surface area (Å²) in [4.78, 5) is 28.8. The molecule has 2 aromatic rings. The number of ketones is 1. The number of halogens is 1. The summed E-state index contributed by atoms with van der Waals surface area (Å²) in [6, 6.07) is 12.8. The molecule has 1 amide bonds. The van der Waals surface area contributed by atoms with E-state index >= 15 is 0 Å². The van der Waals surface area contributed by atoms with Gasteiger partial charge in [0.2, 0.25) is 5.78 Å². The van der Waals surface area contributed by atoms with Crippen molar-refractivity contribution >= 4 is 29.1 Å². The van der Waals surface area contributed by atoms with Crippen LogP contribution in [0.5, 0.6) is 5.75 Å². The van der Waals surface area contributed by atoms with Crippen molar-refractivity contribution in [1.82, 2.24) is 4.90 Å². The molecule has 1 aliphatic rings. The lowest BCUT2D eigenvalue weighted by Crippen LogP contribution is -3.12. The number of likely N-dealkylation sites (tertiary alicyclic amines) is 1. The molecule has 0 spiro atoms. The highest BCUT2D eigenvalue weighted by Gasteiger charge is 2.44. The Bertz CT molecular complexity index is 982. The topological polar surface area (TPSA) is 74.1 Å². The van der Waals surface area contributed by atoms with Gasteiger partial charge in [-0.25, -0.2) is 0 Å². The predicted octanol–water partition coefficient (Wildman–Crippen LogP) is 1.89. The van der Waals surface area contributed by atoms with Crippen LogP contribution in [0.1, 0.15) is 37.9 Å². The van der Waals surface area contributed by atoms with Gasteiger partial charge >= 0.3 is 0 Å². The second-order valence-corrected chi connectivity index (χ2v) is 8.13. The zero-order valence-electron chi connectivity index (χ0n) is 18.7. The Balaban J connectivity index is 2.05. The molecule has 1 atom stereocenters. The number of nitrogens with one attached hydrogen (secondary N) is 1. The second kappa shape index (κ2) is 10.7. The van der Waals surface area contributed by atoms with Crippen molar-refractivity contribution in [2.75, 3.05) is 32.8 Å². The number of carbonyl (C=O) groups is 2. The highest BCUT2D eigenvalue weighted by atomic mass is 35.5. The summed E-state index contributed by atoms with van der Waals surface area (Å²) in [6.07, 6.45) is 0. The molecule has 170 valence electrons. The zero-order valence-corrected chi connectivity index (χ0v) is 19.4. The van der Waals surface area contributed by atoms with E-state index in [1.54, 1.807) is 48.5 Å². The Labute approximate surface area is 194 Å². The minimum Gasteiger partial charge on any atom is -0.872 e. The SMILES string of the molecule is CCOc1ccc(/C([O-])=C2\C(=O)C(=O)N(CC[NH+](CC)CC)C2c2ccc(Cl)cc2)cc1. The number of likely N-dealkylation sites (N-methyl/N-ethyl adjacent to an activating group) is 1. The van der Waals surface area contributed by atoms with Crippen LogP contribution >= 0.6 is 11.6 Å². The lowest BCUT2D eigenvalue weighted by atomic mass is 9.95. The molecule has 0 aromatic heterocycles. The molecular formula is C25H29ClN2O4. The molecule has 0 aliphatic carbocycles. The number of nitrogens with zero attached hydrogens (tertiary/aromatic N) is 1. The summed E-state index contributed by atoms with van der Waals surface area (Å²) in [5.41, 5.74) is 1.02. The van der Waals surface area contributed by atoms with Crippen LogP contribution in [-0.4, -0.2) is 49.4 Å². The van der Waals surface area contributed by atoms with E-state index < -0.39 is 23.5 Å². The van der Waals surface area contributed by atoms with Gasteiger partial charge in [0.25, 0.3) is 5.91 Å². The third-order valence-corrected chi connectivity index (χ3v) is 6.10. The lowest BCUT2D eigenvalue weighted by molar-refractivity contribution is -0.895. The minimum atomic E-state index is -0.738. The highest BCUT2D eigenvalue weighted by Crippen LogP contribution is 2.38. The van der Waals surface area contributed by atoms with Gasteiger partial charge in [0.15, 0.2) is 0 Å². The molecule has 2 aromatic carbocycles. The fourth-order valence-electron chi connectivity index (χ4n) is 4.00. The van der Waals surface area contributed by atoms with Crippen LogP contribution in [0.15, 0.2) is 54.1 Å². The number of quaternary nitrogens is 1. The summed E-state index contributed by atoms with van der Waals surface area (Å²) in [5, 5.41) is 14.0. The number of benzene rings is 2. The summed E-state index contributed by atoms with van der Waals surface area (Å²) in [7, 11) is 0. The largest absolute Gasteiger partial charge is 0.872 e. The first kappa shape index (κ1) is 23.8. The van der Waals surface area contributed by atoms with E-state index in [9.17, 15) is 14.7 Å². The van der Waals surface area contributed by atoms with Gasteiger partial charge in [-0.1, -0.05) is 41.6 Å². The van der Waals surface area contributed by atoms with E-state index in [-0.39, 0.29) is 5.57 Å². The average Bonchev–Trinajstić information content (AvgIpc) is 3.05. The number of hydrogen-bond acceptors (Lipinski definition) is 4. The summed E-state index contributed by atoms with van der Waals surface area (Å²) in [6.45, 7) is 9.47. The second-order valence-electron chi connectivity index (χ2n) is 7.69. The Morgan fingerprint density at radius 2 is 1.66 bits per heavy atom. The first-order chi connectivity index (χ1) is 15.4. The van der Waals surface area contributed by atoms with Crippen molar-refractivity contribution in [2.24, 2.45) is 0 Å². The first-order valence-corrected chi connectivity index (χ1v) is 11.4. The van der Waals surface area contributed by atoms with Gasteiger partial charge < -0.3 is 19.6 Å². The molecule has 1 saturated heterocycles. The van der Waals surface area contributed by atoms with Crippen molar-refractivity contribution in [3.8, 4) is 5.75 Å². The number of hydrogen-bond donors (Lipinski definition) is 1. The van der Waals surface area contributed by atoms with Gasteiger partial charge in [-0.05, 0) is 56.2 Å². The number of carbonyl (C=O) groups excluding carboxylic acids is 2. The van der Waals surface area contributed by atoms with Crippen LogP contribution in [0, 0.1) is 0 Å². The molecule has 1 fully saturated rings. The maximum atomic E-state index is 13.4. The zero-order chi connectivity index (χ0) is 23.3. The standard InChI is InChI=1S/C25H29ClN2O4/c1-4-27(5-2)15-16-28-22(17-7-11-19(26)12-8-17)21(24(30)25(28)31)23(29)18-9-13-20(14-10-18)32-6-3/h7-14,22,29H,4-6,15-16H2,1-3H3/b23-21+.